The molecule has 0 aliphatic carbocycles. The van der Waals surface area contributed by atoms with E-state index < -0.39 is 6.17 Å². The van der Waals surface area contributed by atoms with Crippen LogP contribution in [0.1, 0.15) is 30.7 Å². The number of nitrogens with zero attached hydrogens (tertiary/aromatic N) is 3. The highest BCUT2D eigenvalue weighted by Crippen LogP contribution is 2.25. The number of aromatic nitrogens is 3. The molecule has 2 heterocycles. The van der Waals surface area contributed by atoms with Crippen LogP contribution in [0.3, 0.4) is 0 Å². The molecule has 1 atom stereocenters. The molecule has 12 heavy (non-hydrogen) atoms. The van der Waals surface area contributed by atoms with Crippen LogP contribution >= 0.6 is 0 Å². The van der Waals surface area contributed by atoms with E-state index in [9.17, 15) is 4.39 Å². The molecule has 0 spiro atoms. The van der Waals surface area contributed by atoms with Crippen molar-refractivity contribution in [2.24, 2.45) is 5.73 Å². The lowest BCUT2D eigenvalue weighted by Crippen LogP contribution is -2.14. The Hall–Kier alpha value is -0.970. The summed E-state index contributed by atoms with van der Waals surface area (Å²) < 4.78 is 14.8. The minimum absolute atomic E-state index is 0.284. The maximum atomic E-state index is 13.2. The normalized spacial score (nSPS) is 22.3. The van der Waals surface area contributed by atoms with E-state index in [4.69, 9.17) is 5.73 Å². The van der Waals surface area contributed by atoms with Crippen molar-refractivity contribution in [2.45, 2.75) is 32.1 Å². The third-order valence-electron chi connectivity index (χ3n) is 2.03. The van der Waals surface area contributed by atoms with Crippen molar-refractivity contribution in [3.05, 3.63) is 11.6 Å². The Balaban J connectivity index is 2.37. The summed E-state index contributed by atoms with van der Waals surface area (Å²) in [7, 11) is 0. The maximum Gasteiger partial charge on any atom is 0.164 e. The van der Waals surface area contributed by atoms with Gasteiger partial charge in [-0.05, 0) is 12.8 Å². The van der Waals surface area contributed by atoms with Gasteiger partial charge in [0.05, 0.1) is 6.54 Å². The molecule has 0 radical (unpaired) electrons. The summed E-state index contributed by atoms with van der Waals surface area (Å²) in [5, 5.41) is 4.06. The lowest BCUT2D eigenvalue weighted by molar-refractivity contribution is 0.252. The average Bonchev–Trinajstić information content (AvgIpc) is 2.49. The first-order valence-corrected chi connectivity index (χ1v) is 4.09. The molecule has 0 bridgehead atoms. The molecule has 1 aliphatic rings. The largest absolute Gasteiger partial charge is 0.324 e. The van der Waals surface area contributed by atoms with E-state index >= 15 is 0 Å². The van der Waals surface area contributed by atoms with E-state index in [0.717, 1.165) is 13.0 Å². The SMILES string of the molecule is NCc1nc2n(n1)CCCC2F. The molecule has 5 heteroatoms. The van der Waals surface area contributed by atoms with Gasteiger partial charge >= 0.3 is 0 Å². The van der Waals surface area contributed by atoms with Gasteiger partial charge in [-0.1, -0.05) is 0 Å². The molecule has 1 aromatic heterocycles. The zero-order valence-electron chi connectivity index (χ0n) is 6.70. The van der Waals surface area contributed by atoms with Gasteiger partial charge in [0.1, 0.15) is 0 Å². The van der Waals surface area contributed by atoms with Crippen LogP contribution in [0.15, 0.2) is 0 Å². The van der Waals surface area contributed by atoms with Gasteiger partial charge in [0, 0.05) is 6.54 Å². The Labute approximate surface area is 69.6 Å². The molecule has 1 aliphatic heterocycles. The van der Waals surface area contributed by atoms with Crippen LogP contribution in [0.2, 0.25) is 0 Å². The highest BCUT2D eigenvalue weighted by Gasteiger charge is 2.22. The Morgan fingerprint density at radius 3 is 3.17 bits per heavy atom. The van der Waals surface area contributed by atoms with Crippen molar-refractivity contribution >= 4 is 0 Å². The van der Waals surface area contributed by atoms with Crippen LogP contribution in [0.5, 0.6) is 0 Å². The third kappa shape index (κ3) is 1.10. The van der Waals surface area contributed by atoms with Crippen LogP contribution in [-0.4, -0.2) is 14.8 Å². The molecular weight excluding hydrogens is 159 g/mol. The summed E-state index contributed by atoms with van der Waals surface area (Å²) >= 11 is 0. The van der Waals surface area contributed by atoms with Gasteiger partial charge in [0.15, 0.2) is 17.8 Å². The standard InChI is InChI=1S/C7H11FN4/c8-5-2-1-3-12-7(5)10-6(4-9)11-12/h5H,1-4,9H2. The van der Waals surface area contributed by atoms with Crippen LogP contribution in [0, 0.1) is 0 Å². The van der Waals surface area contributed by atoms with E-state index in [0.29, 0.717) is 18.1 Å². The van der Waals surface area contributed by atoms with E-state index in [2.05, 4.69) is 10.1 Å². The van der Waals surface area contributed by atoms with Crippen LogP contribution < -0.4 is 5.73 Å². The molecule has 66 valence electrons. The van der Waals surface area contributed by atoms with E-state index in [1.807, 2.05) is 0 Å². The number of alkyl halides is 1. The summed E-state index contributed by atoms with van der Waals surface area (Å²) in [4.78, 5) is 4.00. The highest BCUT2D eigenvalue weighted by atomic mass is 19.1. The predicted octanol–water partition coefficient (Wildman–Crippen LogP) is 0.541. The molecule has 1 aromatic rings. The fourth-order valence-corrected chi connectivity index (χ4v) is 1.43. The number of rotatable bonds is 1. The van der Waals surface area contributed by atoms with Gasteiger partial charge in [0.2, 0.25) is 0 Å². The zero-order valence-corrected chi connectivity index (χ0v) is 6.70. The van der Waals surface area contributed by atoms with E-state index in [1.54, 1.807) is 4.68 Å². The summed E-state index contributed by atoms with van der Waals surface area (Å²) in [5.74, 6) is 0.983. The molecule has 0 saturated heterocycles. The first-order valence-electron chi connectivity index (χ1n) is 4.09. The minimum Gasteiger partial charge on any atom is -0.324 e. The first kappa shape index (κ1) is 7.67. The second kappa shape index (κ2) is 2.82. The maximum absolute atomic E-state index is 13.2. The Morgan fingerprint density at radius 1 is 1.67 bits per heavy atom. The average molecular weight is 170 g/mol. The summed E-state index contributed by atoms with van der Waals surface area (Å²) in [6.45, 7) is 1.05. The number of hydrogen-bond acceptors (Lipinski definition) is 3. The number of halogens is 1. The first-order chi connectivity index (χ1) is 5.81. The van der Waals surface area contributed by atoms with Crippen molar-refractivity contribution in [2.75, 3.05) is 0 Å². The Kier molecular flexibility index (Phi) is 1.80. The molecule has 1 unspecified atom stereocenters. The van der Waals surface area contributed by atoms with Gasteiger partial charge in [-0.3, -0.25) is 0 Å². The van der Waals surface area contributed by atoms with Crippen LogP contribution in [0.4, 0.5) is 4.39 Å². The van der Waals surface area contributed by atoms with Gasteiger partial charge < -0.3 is 5.73 Å². The van der Waals surface area contributed by atoms with Crippen molar-refractivity contribution in [1.29, 1.82) is 0 Å². The third-order valence-corrected chi connectivity index (χ3v) is 2.03. The second-order valence-electron chi connectivity index (χ2n) is 2.92. The Bertz CT molecular complexity index is 283. The molecule has 0 fully saturated rings. The van der Waals surface area contributed by atoms with Gasteiger partial charge in [-0.25, -0.2) is 14.1 Å². The fourth-order valence-electron chi connectivity index (χ4n) is 1.43. The molecule has 2 rings (SSSR count). The van der Waals surface area contributed by atoms with Crippen molar-refractivity contribution in [3.63, 3.8) is 0 Å². The summed E-state index contributed by atoms with van der Waals surface area (Å²) in [6, 6.07) is 0. The lowest BCUT2D eigenvalue weighted by atomic mass is 10.1. The molecule has 2 N–H and O–H groups in total. The molecule has 0 aromatic carbocycles. The molecule has 4 nitrogen and oxygen atoms in total. The van der Waals surface area contributed by atoms with Crippen LogP contribution in [0.25, 0.3) is 0 Å². The van der Waals surface area contributed by atoms with Gasteiger partial charge in [-0.2, -0.15) is 5.10 Å². The summed E-state index contributed by atoms with van der Waals surface area (Å²) in [5.41, 5.74) is 5.35. The number of fused-ring (bicyclic) bond motifs is 1. The minimum atomic E-state index is -0.952. The Morgan fingerprint density at radius 2 is 2.50 bits per heavy atom. The summed E-state index contributed by atoms with van der Waals surface area (Å²) in [6.07, 6.45) is 0.441. The molecular formula is C7H11FN4. The molecule has 0 amide bonds. The van der Waals surface area contributed by atoms with Crippen LogP contribution in [-0.2, 0) is 13.1 Å². The molecule has 0 saturated carbocycles. The number of hydrogen-bond donors (Lipinski definition) is 1. The highest BCUT2D eigenvalue weighted by molar-refractivity contribution is 4.98. The van der Waals surface area contributed by atoms with E-state index in [-0.39, 0.29) is 6.54 Å². The topological polar surface area (TPSA) is 56.7 Å². The monoisotopic (exact) mass is 170 g/mol. The van der Waals surface area contributed by atoms with Gasteiger partial charge in [0.25, 0.3) is 0 Å². The quantitative estimate of drug-likeness (QED) is 0.669. The van der Waals surface area contributed by atoms with Gasteiger partial charge in [-0.15, -0.1) is 0 Å². The number of nitrogens with two attached hydrogens (primary N) is 1. The predicted molar refractivity (Wildman–Crippen MR) is 41.0 cm³/mol. The fraction of sp³-hybridized carbons (Fsp3) is 0.714. The van der Waals surface area contributed by atoms with Crippen molar-refractivity contribution < 1.29 is 4.39 Å². The zero-order chi connectivity index (χ0) is 8.55. The second-order valence-corrected chi connectivity index (χ2v) is 2.92. The van der Waals surface area contributed by atoms with E-state index in [1.165, 1.54) is 0 Å². The van der Waals surface area contributed by atoms with Crippen molar-refractivity contribution in [1.82, 2.24) is 14.8 Å². The smallest absolute Gasteiger partial charge is 0.164 e. The van der Waals surface area contributed by atoms with Crippen molar-refractivity contribution in [3.8, 4) is 0 Å². The number of aryl methyl sites for hydroxylation is 1. The lowest BCUT2D eigenvalue weighted by Gasteiger charge is -2.14.